The summed E-state index contributed by atoms with van der Waals surface area (Å²) in [6, 6.07) is 18.7. The number of anilines is 1. The number of benzene rings is 2. The van der Waals surface area contributed by atoms with Crippen LogP contribution in [0.1, 0.15) is 26.2 Å². The van der Waals surface area contributed by atoms with Gasteiger partial charge in [0, 0.05) is 6.04 Å². The molecular formula is C18H21NO. The van der Waals surface area contributed by atoms with Gasteiger partial charge in [-0.1, -0.05) is 37.3 Å². The van der Waals surface area contributed by atoms with E-state index in [1.54, 1.807) is 0 Å². The van der Waals surface area contributed by atoms with Gasteiger partial charge in [0.1, 0.15) is 5.75 Å². The van der Waals surface area contributed by atoms with Crippen LogP contribution in [0, 0.1) is 5.92 Å². The summed E-state index contributed by atoms with van der Waals surface area (Å²) in [5.74, 6) is 2.61. The first-order chi connectivity index (χ1) is 9.86. The van der Waals surface area contributed by atoms with E-state index in [2.05, 4.69) is 24.4 Å². The molecule has 0 aliphatic heterocycles. The maximum atomic E-state index is 5.99. The van der Waals surface area contributed by atoms with Gasteiger partial charge in [-0.15, -0.1) is 0 Å². The molecule has 1 N–H and O–H groups in total. The Morgan fingerprint density at radius 3 is 2.45 bits per heavy atom. The fraction of sp³-hybridized carbons (Fsp3) is 0.333. The summed E-state index contributed by atoms with van der Waals surface area (Å²) in [5, 5.41) is 3.65. The minimum atomic E-state index is 0.565. The lowest BCUT2D eigenvalue weighted by Gasteiger charge is -2.20. The van der Waals surface area contributed by atoms with Crippen LogP contribution in [-0.4, -0.2) is 6.04 Å². The molecule has 1 aliphatic carbocycles. The van der Waals surface area contributed by atoms with Gasteiger partial charge in [-0.3, -0.25) is 0 Å². The highest BCUT2D eigenvalue weighted by Gasteiger charge is 2.30. The maximum Gasteiger partial charge on any atom is 0.150 e. The number of hydrogen-bond donors (Lipinski definition) is 1. The lowest BCUT2D eigenvalue weighted by Crippen LogP contribution is -2.20. The number of para-hydroxylation sites is 3. The lowest BCUT2D eigenvalue weighted by molar-refractivity contribution is 0.482. The van der Waals surface area contributed by atoms with Gasteiger partial charge in [0.05, 0.1) is 5.69 Å². The van der Waals surface area contributed by atoms with E-state index in [1.807, 2.05) is 42.5 Å². The van der Waals surface area contributed by atoms with Gasteiger partial charge in [0.25, 0.3) is 0 Å². The number of nitrogens with one attached hydrogen (secondary N) is 1. The van der Waals surface area contributed by atoms with Crippen LogP contribution < -0.4 is 10.1 Å². The molecule has 0 heterocycles. The van der Waals surface area contributed by atoms with Crippen LogP contribution in [0.15, 0.2) is 54.6 Å². The monoisotopic (exact) mass is 267 g/mol. The van der Waals surface area contributed by atoms with Crippen molar-refractivity contribution in [1.29, 1.82) is 0 Å². The Labute approximate surface area is 120 Å². The number of ether oxygens (including phenoxy) is 1. The summed E-state index contributed by atoms with van der Waals surface area (Å²) in [7, 11) is 0. The third kappa shape index (κ3) is 3.13. The molecule has 0 saturated heterocycles. The zero-order valence-corrected chi connectivity index (χ0v) is 11.9. The largest absolute Gasteiger partial charge is 0.455 e. The fourth-order valence-corrected chi connectivity index (χ4v) is 2.54. The van der Waals surface area contributed by atoms with E-state index in [4.69, 9.17) is 4.74 Å². The summed E-state index contributed by atoms with van der Waals surface area (Å²) >= 11 is 0. The first-order valence-electron chi connectivity index (χ1n) is 7.45. The number of rotatable bonds is 6. The Hall–Kier alpha value is -1.96. The molecule has 0 amide bonds. The van der Waals surface area contributed by atoms with Crippen molar-refractivity contribution in [2.75, 3.05) is 5.32 Å². The van der Waals surface area contributed by atoms with E-state index in [9.17, 15) is 0 Å². The molecule has 0 bridgehead atoms. The molecule has 1 unspecified atom stereocenters. The van der Waals surface area contributed by atoms with Crippen LogP contribution in [0.3, 0.4) is 0 Å². The summed E-state index contributed by atoms with van der Waals surface area (Å²) < 4.78 is 5.99. The zero-order chi connectivity index (χ0) is 13.8. The molecule has 0 aromatic heterocycles. The molecule has 2 heteroatoms. The molecular weight excluding hydrogens is 246 g/mol. The van der Waals surface area contributed by atoms with Gasteiger partial charge in [0.2, 0.25) is 0 Å². The van der Waals surface area contributed by atoms with E-state index in [0.717, 1.165) is 29.5 Å². The van der Waals surface area contributed by atoms with Crippen LogP contribution in [0.2, 0.25) is 0 Å². The third-order valence-corrected chi connectivity index (χ3v) is 3.83. The average molecular weight is 267 g/mol. The Bertz CT molecular complexity index is 548. The van der Waals surface area contributed by atoms with Crippen LogP contribution >= 0.6 is 0 Å². The molecule has 1 fully saturated rings. The molecule has 0 radical (unpaired) electrons. The summed E-state index contributed by atoms with van der Waals surface area (Å²) in [6.45, 7) is 2.25. The van der Waals surface area contributed by atoms with Crippen molar-refractivity contribution in [2.45, 2.75) is 32.2 Å². The van der Waals surface area contributed by atoms with E-state index in [1.165, 1.54) is 12.8 Å². The highest BCUT2D eigenvalue weighted by Crippen LogP contribution is 2.37. The molecule has 1 saturated carbocycles. The summed E-state index contributed by atoms with van der Waals surface area (Å²) in [4.78, 5) is 0. The van der Waals surface area contributed by atoms with E-state index in [0.29, 0.717) is 6.04 Å². The Morgan fingerprint density at radius 1 is 1.05 bits per heavy atom. The minimum Gasteiger partial charge on any atom is -0.455 e. The predicted octanol–water partition coefficient (Wildman–Crippen LogP) is 5.08. The van der Waals surface area contributed by atoms with E-state index in [-0.39, 0.29) is 0 Å². The second kappa shape index (κ2) is 6.00. The Balaban J connectivity index is 1.77. The Kier molecular flexibility index (Phi) is 3.91. The lowest BCUT2D eigenvalue weighted by atomic mass is 10.1. The van der Waals surface area contributed by atoms with Gasteiger partial charge in [-0.2, -0.15) is 0 Å². The van der Waals surface area contributed by atoms with Crippen molar-refractivity contribution in [3.63, 3.8) is 0 Å². The highest BCUT2D eigenvalue weighted by molar-refractivity contribution is 5.58. The molecule has 0 spiro atoms. The summed E-state index contributed by atoms with van der Waals surface area (Å²) in [5.41, 5.74) is 1.09. The standard InChI is InChI=1S/C18H21NO/c1-2-16(14-12-13-14)19-17-10-6-7-11-18(17)20-15-8-4-3-5-9-15/h3-11,14,16,19H,2,12-13H2,1H3. The van der Waals surface area contributed by atoms with Crippen LogP contribution in [0.4, 0.5) is 5.69 Å². The Morgan fingerprint density at radius 2 is 1.75 bits per heavy atom. The second-order valence-corrected chi connectivity index (χ2v) is 5.41. The molecule has 3 rings (SSSR count). The van der Waals surface area contributed by atoms with Crippen molar-refractivity contribution < 1.29 is 4.74 Å². The van der Waals surface area contributed by atoms with Crippen LogP contribution in [0.25, 0.3) is 0 Å². The molecule has 104 valence electrons. The molecule has 20 heavy (non-hydrogen) atoms. The second-order valence-electron chi connectivity index (χ2n) is 5.41. The van der Waals surface area contributed by atoms with Crippen molar-refractivity contribution in [3.05, 3.63) is 54.6 Å². The predicted molar refractivity (Wildman–Crippen MR) is 83.4 cm³/mol. The van der Waals surface area contributed by atoms with Crippen molar-refractivity contribution in [1.82, 2.24) is 0 Å². The van der Waals surface area contributed by atoms with Gasteiger partial charge in [-0.05, 0) is 49.4 Å². The van der Waals surface area contributed by atoms with Gasteiger partial charge >= 0.3 is 0 Å². The molecule has 1 aliphatic rings. The van der Waals surface area contributed by atoms with Crippen LogP contribution in [-0.2, 0) is 0 Å². The summed E-state index contributed by atoms with van der Waals surface area (Å²) in [6.07, 6.45) is 3.87. The van der Waals surface area contributed by atoms with Gasteiger partial charge < -0.3 is 10.1 Å². The molecule has 2 aromatic carbocycles. The topological polar surface area (TPSA) is 21.3 Å². The number of hydrogen-bond acceptors (Lipinski definition) is 2. The third-order valence-electron chi connectivity index (χ3n) is 3.83. The SMILES string of the molecule is CCC(Nc1ccccc1Oc1ccccc1)C1CC1. The smallest absolute Gasteiger partial charge is 0.150 e. The molecule has 2 aromatic rings. The average Bonchev–Trinajstić information content (AvgIpc) is 3.32. The van der Waals surface area contributed by atoms with Crippen molar-refractivity contribution in [3.8, 4) is 11.5 Å². The fourth-order valence-electron chi connectivity index (χ4n) is 2.54. The first kappa shape index (κ1) is 13.0. The quantitative estimate of drug-likeness (QED) is 0.788. The van der Waals surface area contributed by atoms with Gasteiger partial charge in [0.15, 0.2) is 5.75 Å². The van der Waals surface area contributed by atoms with Crippen LogP contribution in [0.5, 0.6) is 11.5 Å². The van der Waals surface area contributed by atoms with Crippen molar-refractivity contribution in [2.24, 2.45) is 5.92 Å². The zero-order valence-electron chi connectivity index (χ0n) is 11.9. The molecule has 2 nitrogen and oxygen atoms in total. The highest BCUT2D eigenvalue weighted by atomic mass is 16.5. The van der Waals surface area contributed by atoms with E-state index < -0.39 is 0 Å². The first-order valence-corrected chi connectivity index (χ1v) is 7.45. The maximum absolute atomic E-state index is 5.99. The van der Waals surface area contributed by atoms with E-state index >= 15 is 0 Å². The molecule has 1 atom stereocenters. The van der Waals surface area contributed by atoms with Crippen molar-refractivity contribution >= 4 is 5.69 Å². The minimum absolute atomic E-state index is 0.565. The van der Waals surface area contributed by atoms with Gasteiger partial charge in [-0.25, -0.2) is 0 Å². The normalized spacial score (nSPS) is 15.7.